The van der Waals surface area contributed by atoms with E-state index in [4.69, 9.17) is 10.3 Å². The average molecular weight is 225 g/mol. The molecule has 16 heavy (non-hydrogen) atoms. The van der Waals surface area contributed by atoms with Gasteiger partial charge >= 0.3 is 0 Å². The lowest BCUT2D eigenvalue weighted by Crippen LogP contribution is -2.06. The van der Waals surface area contributed by atoms with E-state index in [0.717, 1.165) is 43.9 Å². The van der Waals surface area contributed by atoms with Crippen molar-refractivity contribution in [2.75, 3.05) is 6.54 Å². The minimum Gasteiger partial charge on any atom is -0.339 e. The van der Waals surface area contributed by atoms with Gasteiger partial charge in [0.1, 0.15) is 0 Å². The third-order valence-corrected chi connectivity index (χ3v) is 3.05. The zero-order valence-corrected chi connectivity index (χ0v) is 10.6. The first kappa shape index (κ1) is 13.2. The molecule has 0 fully saturated rings. The number of aromatic nitrogens is 2. The maximum atomic E-state index is 5.51. The molecular formula is C12H23N3O. The predicted octanol–water partition coefficient (Wildman–Crippen LogP) is 2.50. The van der Waals surface area contributed by atoms with Crippen LogP contribution in [0.4, 0.5) is 0 Å². The maximum absolute atomic E-state index is 5.51. The Balaban J connectivity index is 2.40. The van der Waals surface area contributed by atoms with Crippen molar-refractivity contribution in [1.29, 1.82) is 0 Å². The maximum Gasteiger partial charge on any atom is 0.226 e. The molecule has 1 rings (SSSR count). The van der Waals surface area contributed by atoms with Crippen LogP contribution in [0.3, 0.4) is 0 Å². The Morgan fingerprint density at radius 2 is 2.06 bits per heavy atom. The summed E-state index contributed by atoms with van der Waals surface area (Å²) in [5.74, 6) is 2.62. The third kappa shape index (κ3) is 3.93. The van der Waals surface area contributed by atoms with E-state index in [-0.39, 0.29) is 0 Å². The van der Waals surface area contributed by atoms with Crippen molar-refractivity contribution in [1.82, 2.24) is 10.1 Å². The molecular weight excluding hydrogens is 202 g/mol. The van der Waals surface area contributed by atoms with E-state index in [1.165, 1.54) is 0 Å². The van der Waals surface area contributed by atoms with E-state index < -0.39 is 0 Å². The van der Waals surface area contributed by atoms with Crippen molar-refractivity contribution < 1.29 is 4.52 Å². The first-order valence-electron chi connectivity index (χ1n) is 6.19. The molecule has 0 aromatic carbocycles. The molecule has 0 spiro atoms. The lowest BCUT2D eigenvalue weighted by Gasteiger charge is -2.06. The summed E-state index contributed by atoms with van der Waals surface area (Å²) in [6.07, 6.45) is 4.04. The van der Waals surface area contributed by atoms with Crippen LogP contribution in [0.5, 0.6) is 0 Å². The predicted molar refractivity (Wildman–Crippen MR) is 64.2 cm³/mol. The Morgan fingerprint density at radius 1 is 1.31 bits per heavy atom. The summed E-state index contributed by atoms with van der Waals surface area (Å²) >= 11 is 0. The monoisotopic (exact) mass is 225 g/mol. The van der Waals surface area contributed by atoms with Crippen molar-refractivity contribution in [3.05, 3.63) is 11.7 Å². The van der Waals surface area contributed by atoms with Crippen molar-refractivity contribution in [2.24, 2.45) is 11.7 Å². The van der Waals surface area contributed by atoms with Gasteiger partial charge in [0.15, 0.2) is 5.82 Å². The van der Waals surface area contributed by atoms with Crippen LogP contribution in [-0.4, -0.2) is 16.7 Å². The summed E-state index contributed by atoms with van der Waals surface area (Å²) in [6, 6.07) is 0. The minimum absolute atomic E-state index is 0.388. The fourth-order valence-electron chi connectivity index (χ4n) is 1.55. The highest BCUT2D eigenvalue weighted by Gasteiger charge is 2.12. The molecule has 1 heterocycles. The molecule has 0 saturated heterocycles. The number of hydrogen-bond acceptors (Lipinski definition) is 4. The van der Waals surface area contributed by atoms with Gasteiger partial charge in [0.25, 0.3) is 0 Å². The largest absolute Gasteiger partial charge is 0.339 e. The molecule has 2 N–H and O–H groups in total. The van der Waals surface area contributed by atoms with E-state index in [0.29, 0.717) is 11.8 Å². The highest BCUT2D eigenvalue weighted by atomic mass is 16.5. The van der Waals surface area contributed by atoms with Crippen LogP contribution in [0.1, 0.15) is 57.7 Å². The normalized spacial score (nSPS) is 15.0. The molecule has 4 heteroatoms. The molecule has 0 aliphatic rings. The molecule has 4 nitrogen and oxygen atoms in total. The Bertz CT molecular complexity index is 298. The zero-order valence-electron chi connectivity index (χ0n) is 10.6. The van der Waals surface area contributed by atoms with Gasteiger partial charge in [-0.15, -0.1) is 0 Å². The Kier molecular flexibility index (Phi) is 5.46. The molecule has 0 aliphatic heterocycles. The van der Waals surface area contributed by atoms with E-state index in [1.54, 1.807) is 0 Å². The summed E-state index contributed by atoms with van der Waals surface area (Å²) in [5.41, 5.74) is 5.51. The summed E-state index contributed by atoms with van der Waals surface area (Å²) in [4.78, 5) is 4.40. The Hall–Kier alpha value is -0.900. The zero-order chi connectivity index (χ0) is 12.0. The fourth-order valence-corrected chi connectivity index (χ4v) is 1.55. The second-order valence-corrected chi connectivity index (χ2v) is 4.58. The van der Waals surface area contributed by atoms with E-state index in [9.17, 15) is 0 Å². The van der Waals surface area contributed by atoms with E-state index in [1.807, 2.05) is 0 Å². The molecule has 1 aromatic heterocycles. The minimum atomic E-state index is 0.388. The summed E-state index contributed by atoms with van der Waals surface area (Å²) in [7, 11) is 0. The summed E-state index contributed by atoms with van der Waals surface area (Å²) < 4.78 is 5.22. The van der Waals surface area contributed by atoms with Gasteiger partial charge in [-0.2, -0.15) is 4.98 Å². The molecule has 2 unspecified atom stereocenters. The second kappa shape index (κ2) is 6.63. The number of nitrogens with zero attached hydrogens (tertiary/aromatic N) is 2. The standard InChI is InChI=1S/C12H23N3O/c1-4-10(3)12-14-11(16-15-12)6-5-9(2)7-8-13/h9-10H,4-8,13H2,1-3H3. The van der Waals surface area contributed by atoms with Crippen LogP contribution >= 0.6 is 0 Å². The van der Waals surface area contributed by atoms with Gasteiger partial charge in [0.05, 0.1) is 0 Å². The van der Waals surface area contributed by atoms with Crippen molar-refractivity contribution in [3.63, 3.8) is 0 Å². The molecule has 1 aromatic rings. The molecule has 0 aliphatic carbocycles. The van der Waals surface area contributed by atoms with Gasteiger partial charge in [-0.1, -0.05) is 25.9 Å². The SMILES string of the molecule is CCC(C)c1noc(CCC(C)CCN)n1. The smallest absolute Gasteiger partial charge is 0.226 e. The molecule has 0 bridgehead atoms. The van der Waals surface area contributed by atoms with E-state index >= 15 is 0 Å². The molecule has 0 radical (unpaired) electrons. The highest BCUT2D eigenvalue weighted by molar-refractivity contribution is 4.93. The van der Waals surface area contributed by atoms with Gasteiger partial charge in [-0.25, -0.2) is 0 Å². The first-order chi connectivity index (χ1) is 7.67. The molecule has 0 amide bonds. The first-order valence-corrected chi connectivity index (χ1v) is 6.19. The van der Waals surface area contributed by atoms with Crippen LogP contribution in [0.2, 0.25) is 0 Å². The second-order valence-electron chi connectivity index (χ2n) is 4.58. The summed E-state index contributed by atoms with van der Waals surface area (Å²) in [5, 5.41) is 4.00. The topological polar surface area (TPSA) is 64.9 Å². The van der Waals surface area contributed by atoms with E-state index in [2.05, 4.69) is 30.9 Å². The number of hydrogen-bond donors (Lipinski definition) is 1. The highest BCUT2D eigenvalue weighted by Crippen LogP contribution is 2.16. The van der Waals surface area contributed by atoms with Gasteiger partial charge in [0, 0.05) is 12.3 Å². The van der Waals surface area contributed by atoms with Crippen LogP contribution in [0.25, 0.3) is 0 Å². The lowest BCUT2D eigenvalue weighted by molar-refractivity contribution is 0.356. The van der Waals surface area contributed by atoms with Crippen LogP contribution in [0.15, 0.2) is 4.52 Å². The van der Waals surface area contributed by atoms with Crippen LogP contribution < -0.4 is 5.73 Å². The third-order valence-electron chi connectivity index (χ3n) is 3.05. The number of nitrogens with two attached hydrogens (primary N) is 1. The molecule has 0 saturated carbocycles. The quantitative estimate of drug-likeness (QED) is 0.774. The fraction of sp³-hybridized carbons (Fsp3) is 0.833. The van der Waals surface area contributed by atoms with Crippen molar-refractivity contribution in [3.8, 4) is 0 Å². The van der Waals surface area contributed by atoms with Gasteiger partial charge in [-0.05, 0) is 31.7 Å². The lowest BCUT2D eigenvalue weighted by atomic mass is 10.0. The molecule has 92 valence electrons. The Morgan fingerprint density at radius 3 is 2.69 bits per heavy atom. The van der Waals surface area contributed by atoms with Crippen LogP contribution in [0, 0.1) is 5.92 Å². The average Bonchev–Trinajstić information content (AvgIpc) is 2.74. The van der Waals surface area contributed by atoms with Crippen molar-refractivity contribution in [2.45, 2.75) is 52.4 Å². The number of aryl methyl sites for hydroxylation is 1. The molecule has 2 atom stereocenters. The van der Waals surface area contributed by atoms with Crippen molar-refractivity contribution >= 4 is 0 Å². The summed E-state index contributed by atoms with van der Waals surface area (Å²) in [6.45, 7) is 7.21. The Labute approximate surface area is 97.6 Å². The number of rotatable bonds is 7. The van der Waals surface area contributed by atoms with Gasteiger partial charge < -0.3 is 10.3 Å². The van der Waals surface area contributed by atoms with Crippen LogP contribution in [-0.2, 0) is 6.42 Å². The van der Waals surface area contributed by atoms with Gasteiger partial charge in [0.2, 0.25) is 5.89 Å². The van der Waals surface area contributed by atoms with Gasteiger partial charge in [-0.3, -0.25) is 0 Å².